The molecule has 0 radical (unpaired) electrons. The molecule has 0 bridgehead atoms. The molecule has 3 aromatic rings. The first kappa shape index (κ1) is 21.5. The van der Waals surface area contributed by atoms with Crippen LogP contribution >= 0.6 is 0 Å². The van der Waals surface area contributed by atoms with Gasteiger partial charge in [-0.15, -0.1) is 0 Å². The summed E-state index contributed by atoms with van der Waals surface area (Å²) in [6.07, 6.45) is 6.18. The number of aromatic amines is 1. The topological polar surface area (TPSA) is 76.2 Å². The average Bonchev–Trinajstić information content (AvgIpc) is 3.21. The van der Waals surface area contributed by atoms with Crippen LogP contribution in [-0.2, 0) is 16.0 Å². The molecule has 156 valence electrons. The van der Waals surface area contributed by atoms with Crippen LogP contribution in [0.15, 0.2) is 54.7 Å². The van der Waals surface area contributed by atoms with Crippen molar-refractivity contribution in [2.75, 3.05) is 6.61 Å². The molecule has 0 aliphatic rings. The minimum absolute atomic E-state index is 0.0434. The van der Waals surface area contributed by atoms with E-state index in [1.54, 1.807) is 6.20 Å². The van der Waals surface area contributed by atoms with Gasteiger partial charge < -0.3 is 9.72 Å². The quantitative estimate of drug-likeness (QED) is 0.267. The van der Waals surface area contributed by atoms with Crippen molar-refractivity contribution >= 4 is 28.4 Å². The van der Waals surface area contributed by atoms with E-state index in [1.165, 1.54) is 18.4 Å². The number of aromatic nitrogens is 1. The maximum absolute atomic E-state index is 12.3. The van der Waals surface area contributed by atoms with E-state index in [-0.39, 0.29) is 31.0 Å². The SMILES string of the molecule is CCCCCc1ccc(C(=O)CCC(=O)OCC(=O)c2c[nH]c3ccccc23)cc1. The third-order valence-corrected chi connectivity index (χ3v) is 5.16. The Bertz CT molecular complexity index is 1020. The van der Waals surface area contributed by atoms with Gasteiger partial charge in [0, 0.05) is 34.6 Å². The average molecular weight is 405 g/mol. The van der Waals surface area contributed by atoms with Crippen LogP contribution in [-0.4, -0.2) is 29.1 Å². The summed E-state index contributed by atoms with van der Waals surface area (Å²) in [7, 11) is 0. The van der Waals surface area contributed by atoms with Crippen LogP contribution in [0.1, 0.15) is 65.3 Å². The number of hydrogen-bond acceptors (Lipinski definition) is 4. The van der Waals surface area contributed by atoms with Crippen LogP contribution in [0, 0.1) is 0 Å². The zero-order chi connectivity index (χ0) is 21.3. The first-order valence-corrected chi connectivity index (χ1v) is 10.5. The first-order valence-electron chi connectivity index (χ1n) is 10.5. The van der Waals surface area contributed by atoms with Gasteiger partial charge in [-0.1, -0.05) is 62.2 Å². The predicted octanol–water partition coefficient (Wildman–Crippen LogP) is 5.29. The Morgan fingerprint density at radius 1 is 0.900 bits per heavy atom. The molecule has 3 rings (SSSR count). The molecule has 0 saturated heterocycles. The fourth-order valence-corrected chi connectivity index (χ4v) is 3.39. The van der Waals surface area contributed by atoms with E-state index >= 15 is 0 Å². The van der Waals surface area contributed by atoms with Gasteiger partial charge in [-0.2, -0.15) is 0 Å². The van der Waals surface area contributed by atoms with E-state index in [2.05, 4.69) is 11.9 Å². The van der Waals surface area contributed by atoms with Gasteiger partial charge in [0.15, 0.2) is 12.4 Å². The summed E-state index contributed by atoms with van der Waals surface area (Å²) < 4.78 is 5.08. The molecule has 30 heavy (non-hydrogen) atoms. The number of nitrogens with one attached hydrogen (secondary N) is 1. The van der Waals surface area contributed by atoms with Crippen molar-refractivity contribution in [2.24, 2.45) is 0 Å². The van der Waals surface area contributed by atoms with E-state index < -0.39 is 5.97 Å². The number of carbonyl (C=O) groups is 3. The lowest BCUT2D eigenvalue weighted by Crippen LogP contribution is -2.15. The highest BCUT2D eigenvalue weighted by Gasteiger charge is 2.15. The van der Waals surface area contributed by atoms with Crippen LogP contribution in [0.5, 0.6) is 0 Å². The summed E-state index contributed by atoms with van der Waals surface area (Å²) in [5.74, 6) is -0.923. The van der Waals surface area contributed by atoms with Crippen molar-refractivity contribution in [1.29, 1.82) is 0 Å². The van der Waals surface area contributed by atoms with Crippen LogP contribution in [0.3, 0.4) is 0 Å². The Kier molecular flexibility index (Phi) is 7.55. The summed E-state index contributed by atoms with van der Waals surface area (Å²) in [4.78, 5) is 39.7. The summed E-state index contributed by atoms with van der Waals surface area (Å²) in [5, 5.41) is 0.798. The number of unbranched alkanes of at least 4 members (excludes halogenated alkanes) is 2. The summed E-state index contributed by atoms with van der Waals surface area (Å²) in [6, 6.07) is 15.0. The number of aryl methyl sites for hydroxylation is 1. The third-order valence-electron chi connectivity index (χ3n) is 5.16. The number of para-hydroxylation sites is 1. The van der Waals surface area contributed by atoms with Crippen molar-refractivity contribution < 1.29 is 19.1 Å². The van der Waals surface area contributed by atoms with Crippen LogP contribution < -0.4 is 0 Å². The van der Waals surface area contributed by atoms with Gasteiger partial charge in [-0.3, -0.25) is 14.4 Å². The smallest absolute Gasteiger partial charge is 0.306 e. The molecule has 1 heterocycles. The predicted molar refractivity (Wildman–Crippen MR) is 117 cm³/mol. The van der Waals surface area contributed by atoms with Gasteiger partial charge in [-0.05, 0) is 24.5 Å². The molecule has 5 nitrogen and oxygen atoms in total. The zero-order valence-electron chi connectivity index (χ0n) is 17.3. The Morgan fingerprint density at radius 2 is 1.67 bits per heavy atom. The van der Waals surface area contributed by atoms with E-state index in [9.17, 15) is 14.4 Å². The maximum atomic E-state index is 12.3. The van der Waals surface area contributed by atoms with Crippen molar-refractivity contribution in [3.63, 3.8) is 0 Å². The summed E-state index contributed by atoms with van der Waals surface area (Å²) >= 11 is 0. The molecular formula is C25H27NO4. The van der Waals surface area contributed by atoms with Gasteiger partial charge in [0.2, 0.25) is 5.78 Å². The molecule has 0 aliphatic heterocycles. The summed E-state index contributed by atoms with van der Waals surface area (Å²) in [5.41, 5.74) is 3.16. The molecule has 5 heteroatoms. The number of H-pyrrole nitrogens is 1. The number of fused-ring (bicyclic) bond motifs is 1. The normalized spacial score (nSPS) is 10.8. The Balaban J connectivity index is 1.44. The Morgan fingerprint density at radius 3 is 2.43 bits per heavy atom. The summed E-state index contributed by atoms with van der Waals surface area (Å²) in [6.45, 7) is 1.84. The molecule has 1 N–H and O–H groups in total. The van der Waals surface area contributed by atoms with E-state index in [1.807, 2.05) is 48.5 Å². The second-order valence-corrected chi connectivity index (χ2v) is 7.41. The van der Waals surface area contributed by atoms with E-state index in [0.29, 0.717) is 11.1 Å². The fourth-order valence-electron chi connectivity index (χ4n) is 3.39. The van der Waals surface area contributed by atoms with Crippen LogP contribution in [0.25, 0.3) is 10.9 Å². The number of carbonyl (C=O) groups excluding carboxylic acids is 3. The number of ether oxygens (including phenoxy) is 1. The number of benzene rings is 2. The number of rotatable bonds is 11. The number of hydrogen-bond donors (Lipinski definition) is 1. The van der Waals surface area contributed by atoms with E-state index in [0.717, 1.165) is 23.7 Å². The lowest BCUT2D eigenvalue weighted by molar-refractivity contribution is -0.142. The lowest BCUT2D eigenvalue weighted by Gasteiger charge is -2.05. The highest BCUT2D eigenvalue weighted by molar-refractivity contribution is 6.08. The number of Topliss-reactive ketones (excluding diaryl/α,β-unsaturated/α-hetero) is 2. The molecule has 0 spiro atoms. The van der Waals surface area contributed by atoms with Crippen molar-refractivity contribution in [3.05, 3.63) is 71.4 Å². The maximum Gasteiger partial charge on any atom is 0.306 e. The molecule has 1 aromatic heterocycles. The standard InChI is InChI=1S/C25H27NO4/c1-2-3-4-7-18-10-12-19(13-11-18)23(27)14-15-25(29)30-17-24(28)21-16-26-22-9-6-5-8-20(21)22/h5-6,8-13,16,26H,2-4,7,14-15,17H2,1H3. The van der Waals surface area contributed by atoms with Crippen molar-refractivity contribution in [1.82, 2.24) is 4.98 Å². The zero-order valence-corrected chi connectivity index (χ0v) is 17.3. The molecule has 0 atom stereocenters. The first-order chi connectivity index (χ1) is 14.6. The molecule has 0 unspecified atom stereocenters. The molecule has 0 amide bonds. The monoisotopic (exact) mass is 405 g/mol. The van der Waals surface area contributed by atoms with Gasteiger partial charge in [0.1, 0.15) is 0 Å². The van der Waals surface area contributed by atoms with Crippen molar-refractivity contribution in [3.8, 4) is 0 Å². The Labute approximate surface area is 176 Å². The largest absolute Gasteiger partial charge is 0.457 e. The van der Waals surface area contributed by atoms with Gasteiger partial charge in [0.05, 0.1) is 6.42 Å². The van der Waals surface area contributed by atoms with Crippen LogP contribution in [0.2, 0.25) is 0 Å². The second-order valence-electron chi connectivity index (χ2n) is 7.41. The van der Waals surface area contributed by atoms with Gasteiger partial charge in [0.25, 0.3) is 0 Å². The number of esters is 1. The number of ketones is 2. The molecule has 0 aliphatic carbocycles. The highest BCUT2D eigenvalue weighted by atomic mass is 16.5. The van der Waals surface area contributed by atoms with Crippen molar-refractivity contribution in [2.45, 2.75) is 45.4 Å². The Hall–Kier alpha value is -3.21. The van der Waals surface area contributed by atoms with Crippen LogP contribution in [0.4, 0.5) is 0 Å². The second kappa shape index (κ2) is 10.5. The molecule has 2 aromatic carbocycles. The minimum atomic E-state index is -0.548. The lowest BCUT2D eigenvalue weighted by atomic mass is 10.0. The highest BCUT2D eigenvalue weighted by Crippen LogP contribution is 2.18. The van der Waals surface area contributed by atoms with Gasteiger partial charge in [-0.25, -0.2) is 0 Å². The molecular weight excluding hydrogens is 378 g/mol. The van der Waals surface area contributed by atoms with E-state index in [4.69, 9.17) is 4.74 Å². The minimum Gasteiger partial charge on any atom is -0.457 e. The van der Waals surface area contributed by atoms with Gasteiger partial charge >= 0.3 is 5.97 Å². The fraction of sp³-hybridized carbons (Fsp3) is 0.320. The third kappa shape index (κ3) is 5.66. The molecule has 0 saturated carbocycles. The molecule has 0 fully saturated rings.